The molecule has 0 saturated carbocycles. The molecule has 2 N–H and O–H groups in total. The van der Waals surface area contributed by atoms with Gasteiger partial charge in [0.1, 0.15) is 0 Å². The number of nitrogens with zero attached hydrogens (tertiary/aromatic N) is 1. The largest absolute Gasteiger partial charge is 0.383 e. The molecule has 0 heterocycles. The number of ether oxygens (including phenoxy) is 1. The van der Waals surface area contributed by atoms with Gasteiger partial charge in [0.25, 0.3) is 5.91 Å². The second-order valence-electron chi connectivity index (χ2n) is 5.06. The van der Waals surface area contributed by atoms with Gasteiger partial charge in [0.2, 0.25) is 10.0 Å². The van der Waals surface area contributed by atoms with Gasteiger partial charge >= 0.3 is 0 Å². The van der Waals surface area contributed by atoms with Gasteiger partial charge < -0.3 is 10.1 Å². The fourth-order valence-corrected chi connectivity index (χ4v) is 3.03. The van der Waals surface area contributed by atoms with E-state index in [4.69, 9.17) is 10.00 Å². The van der Waals surface area contributed by atoms with Gasteiger partial charge in [-0.25, -0.2) is 13.1 Å². The second kappa shape index (κ2) is 8.39. The number of hydrogen-bond acceptors (Lipinski definition) is 5. The van der Waals surface area contributed by atoms with E-state index in [-0.39, 0.29) is 24.0 Å². The molecule has 0 unspecified atom stereocenters. The molecule has 0 saturated heterocycles. The highest BCUT2D eigenvalue weighted by molar-refractivity contribution is 7.89. The first-order chi connectivity index (χ1) is 12.0. The van der Waals surface area contributed by atoms with Crippen LogP contribution in [-0.4, -0.2) is 34.6 Å². The van der Waals surface area contributed by atoms with Gasteiger partial charge in [-0.15, -0.1) is 0 Å². The number of carbonyl (C=O) groups is 1. The molecule has 0 bridgehead atoms. The zero-order chi connectivity index (χ0) is 18.3. The number of rotatable bonds is 7. The molecule has 2 rings (SSSR count). The van der Waals surface area contributed by atoms with Crippen LogP contribution in [0.2, 0.25) is 0 Å². The molecule has 0 fully saturated rings. The molecular weight excluding hydrogens is 342 g/mol. The van der Waals surface area contributed by atoms with E-state index in [1.807, 2.05) is 6.07 Å². The quantitative estimate of drug-likeness (QED) is 0.732. The number of hydrogen-bond donors (Lipinski definition) is 2. The maximum absolute atomic E-state index is 12.2. The SMILES string of the molecule is COCCNS(=O)(=O)c1ccc(NC(=O)c2cccc(C#N)c2)cc1. The van der Waals surface area contributed by atoms with Gasteiger partial charge in [0, 0.05) is 24.9 Å². The Labute approximate surface area is 146 Å². The third kappa shape index (κ3) is 5.12. The molecule has 7 nitrogen and oxygen atoms in total. The van der Waals surface area contributed by atoms with Crippen LogP contribution < -0.4 is 10.0 Å². The van der Waals surface area contributed by atoms with E-state index in [1.165, 1.54) is 37.4 Å². The number of methoxy groups -OCH3 is 1. The van der Waals surface area contributed by atoms with Crippen LogP contribution >= 0.6 is 0 Å². The topological polar surface area (TPSA) is 108 Å². The van der Waals surface area contributed by atoms with Crippen molar-refractivity contribution in [3.63, 3.8) is 0 Å². The minimum Gasteiger partial charge on any atom is -0.383 e. The van der Waals surface area contributed by atoms with Crippen molar-refractivity contribution in [1.29, 1.82) is 5.26 Å². The smallest absolute Gasteiger partial charge is 0.255 e. The molecule has 0 spiro atoms. The maximum atomic E-state index is 12.2. The fourth-order valence-electron chi connectivity index (χ4n) is 2.01. The first kappa shape index (κ1) is 18.6. The highest BCUT2D eigenvalue weighted by Crippen LogP contribution is 2.15. The van der Waals surface area contributed by atoms with Crippen molar-refractivity contribution in [2.75, 3.05) is 25.6 Å². The van der Waals surface area contributed by atoms with Gasteiger partial charge in [-0.05, 0) is 42.5 Å². The molecule has 0 atom stereocenters. The number of nitrogens with one attached hydrogen (secondary N) is 2. The molecule has 25 heavy (non-hydrogen) atoms. The minimum atomic E-state index is -3.62. The van der Waals surface area contributed by atoms with Gasteiger partial charge in [-0.2, -0.15) is 5.26 Å². The molecule has 2 aromatic carbocycles. The van der Waals surface area contributed by atoms with E-state index in [0.29, 0.717) is 16.8 Å². The Morgan fingerprint density at radius 2 is 1.92 bits per heavy atom. The molecule has 1 amide bonds. The molecule has 8 heteroatoms. The molecule has 0 aromatic heterocycles. The summed E-state index contributed by atoms with van der Waals surface area (Å²) in [5.41, 5.74) is 1.18. The average Bonchev–Trinajstić information content (AvgIpc) is 2.62. The summed E-state index contributed by atoms with van der Waals surface area (Å²) < 4.78 is 31.3. The standard InChI is InChI=1S/C17H17N3O4S/c1-24-10-9-19-25(22,23)16-7-5-15(6-8-16)20-17(21)14-4-2-3-13(11-14)12-18/h2-8,11,19H,9-10H2,1H3,(H,20,21). The normalized spacial score (nSPS) is 10.9. The molecular formula is C17H17N3O4S. The maximum Gasteiger partial charge on any atom is 0.255 e. The van der Waals surface area contributed by atoms with Crippen LogP contribution in [0.25, 0.3) is 0 Å². The predicted molar refractivity (Wildman–Crippen MR) is 92.6 cm³/mol. The van der Waals surface area contributed by atoms with Crippen LogP contribution in [-0.2, 0) is 14.8 Å². The van der Waals surface area contributed by atoms with E-state index in [9.17, 15) is 13.2 Å². The average molecular weight is 359 g/mol. The Bertz CT molecular complexity index is 887. The summed E-state index contributed by atoms with van der Waals surface area (Å²) in [5, 5.41) is 11.5. The lowest BCUT2D eigenvalue weighted by Gasteiger charge is -2.08. The Kier molecular flexibility index (Phi) is 6.25. The van der Waals surface area contributed by atoms with E-state index in [2.05, 4.69) is 10.0 Å². The van der Waals surface area contributed by atoms with Gasteiger partial charge in [0.05, 0.1) is 23.1 Å². The lowest BCUT2D eigenvalue weighted by Crippen LogP contribution is -2.27. The highest BCUT2D eigenvalue weighted by atomic mass is 32.2. The summed E-state index contributed by atoms with van der Waals surface area (Å²) in [6.45, 7) is 0.446. The summed E-state index contributed by atoms with van der Waals surface area (Å²) in [5.74, 6) is -0.383. The van der Waals surface area contributed by atoms with Gasteiger partial charge in [0.15, 0.2) is 0 Å². The van der Waals surface area contributed by atoms with E-state index >= 15 is 0 Å². The van der Waals surface area contributed by atoms with Crippen LogP contribution in [0, 0.1) is 11.3 Å². The number of nitriles is 1. The Hall–Kier alpha value is -2.73. The van der Waals surface area contributed by atoms with Crippen molar-refractivity contribution < 1.29 is 17.9 Å². The van der Waals surface area contributed by atoms with Crippen LogP contribution in [0.15, 0.2) is 53.4 Å². The predicted octanol–water partition coefficient (Wildman–Crippen LogP) is 1.74. The fraction of sp³-hybridized carbons (Fsp3) is 0.176. The van der Waals surface area contributed by atoms with Crippen LogP contribution in [0.4, 0.5) is 5.69 Å². The van der Waals surface area contributed by atoms with Crippen molar-refractivity contribution in [1.82, 2.24) is 4.72 Å². The van der Waals surface area contributed by atoms with E-state index in [1.54, 1.807) is 18.2 Å². The Morgan fingerprint density at radius 3 is 2.56 bits per heavy atom. The molecule has 0 radical (unpaired) electrons. The van der Waals surface area contributed by atoms with Crippen molar-refractivity contribution in [2.45, 2.75) is 4.90 Å². The highest BCUT2D eigenvalue weighted by Gasteiger charge is 2.13. The molecule has 0 aliphatic carbocycles. The third-order valence-electron chi connectivity index (χ3n) is 3.27. The lowest BCUT2D eigenvalue weighted by atomic mass is 10.1. The first-order valence-electron chi connectivity index (χ1n) is 7.36. The van der Waals surface area contributed by atoms with Crippen molar-refractivity contribution in [2.24, 2.45) is 0 Å². The zero-order valence-corrected chi connectivity index (χ0v) is 14.3. The summed E-state index contributed by atoms with van der Waals surface area (Å²) in [7, 11) is -2.13. The number of amides is 1. The number of anilines is 1. The summed E-state index contributed by atoms with van der Waals surface area (Å²) in [4.78, 5) is 12.3. The minimum absolute atomic E-state index is 0.0908. The third-order valence-corrected chi connectivity index (χ3v) is 4.75. The van der Waals surface area contributed by atoms with Crippen LogP contribution in [0.3, 0.4) is 0 Å². The number of sulfonamides is 1. The number of benzene rings is 2. The molecule has 0 aliphatic rings. The number of carbonyl (C=O) groups excluding carboxylic acids is 1. The summed E-state index contributed by atoms with van der Waals surface area (Å²) in [6.07, 6.45) is 0. The van der Waals surface area contributed by atoms with Crippen molar-refractivity contribution in [3.05, 3.63) is 59.7 Å². The lowest BCUT2D eigenvalue weighted by molar-refractivity contribution is 0.102. The Morgan fingerprint density at radius 1 is 1.20 bits per heavy atom. The molecule has 130 valence electrons. The van der Waals surface area contributed by atoms with Gasteiger partial charge in [-0.1, -0.05) is 6.07 Å². The zero-order valence-electron chi connectivity index (χ0n) is 13.5. The van der Waals surface area contributed by atoms with Crippen LogP contribution in [0.5, 0.6) is 0 Å². The summed E-state index contributed by atoms with van der Waals surface area (Å²) in [6, 6.07) is 14.1. The molecule has 2 aromatic rings. The van der Waals surface area contributed by atoms with E-state index in [0.717, 1.165) is 0 Å². The van der Waals surface area contributed by atoms with Crippen molar-refractivity contribution in [3.8, 4) is 6.07 Å². The second-order valence-corrected chi connectivity index (χ2v) is 6.83. The van der Waals surface area contributed by atoms with E-state index < -0.39 is 10.0 Å². The van der Waals surface area contributed by atoms with Crippen molar-refractivity contribution >= 4 is 21.6 Å². The summed E-state index contributed by atoms with van der Waals surface area (Å²) >= 11 is 0. The monoisotopic (exact) mass is 359 g/mol. The first-order valence-corrected chi connectivity index (χ1v) is 8.85. The van der Waals surface area contributed by atoms with Gasteiger partial charge in [-0.3, -0.25) is 4.79 Å². The van der Waals surface area contributed by atoms with Crippen LogP contribution in [0.1, 0.15) is 15.9 Å². The Balaban J connectivity index is 2.07. The molecule has 0 aliphatic heterocycles.